The highest BCUT2D eigenvalue weighted by atomic mass is 79.9. The van der Waals surface area contributed by atoms with Gasteiger partial charge in [-0.2, -0.15) is 5.10 Å². The van der Waals surface area contributed by atoms with Crippen LogP contribution >= 0.6 is 15.9 Å². The first kappa shape index (κ1) is 16.2. The monoisotopic (exact) mass is 382 g/mol. The molecular weight excluding hydrogens is 368 g/mol. The van der Waals surface area contributed by atoms with Crippen molar-refractivity contribution in [1.82, 2.24) is 5.43 Å². The average molecular weight is 383 g/mol. The van der Waals surface area contributed by atoms with E-state index in [9.17, 15) is 4.79 Å². The molecule has 0 spiro atoms. The number of amides is 1. The first-order valence-electron chi connectivity index (χ1n) is 7.40. The van der Waals surface area contributed by atoms with Crippen molar-refractivity contribution >= 4 is 38.8 Å². The van der Waals surface area contributed by atoms with E-state index in [1.165, 1.54) is 5.39 Å². The summed E-state index contributed by atoms with van der Waals surface area (Å²) in [6, 6.07) is 21.4. The van der Waals surface area contributed by atoms with Crippen molar-refractivity contribution in [2.75, 3.05) is 6.61 Å². The van der Waals surface area contributed by atoms with E-state index in [0.717, 1.165) is 15.4 Å². The van der Waals surface area contributed by atoms with Crippen LogP contribution in [-0.4, -0.2) is 18.7 Å². The molecule has 4 nitrogen and oxygen atoms in total. The fourth-order valence-electron chi connectivity index (χ4n) is 2.20. The molecule has 0 aromatic heterocycles. The summed E-state index contributed by atoms with van der Waals surface area (Å²) in [4.78, 5) is 11.7. The number of nitrogens with zero attached hydrogens (tertiary/aromatic N) is 1. The van der Waals surface area contributed by atoms with Gasteiger partial charge in [-0.05, 0) is 40.6 Å². The van der Waals surface area contributed by atoms with Crippen LogP contribution in [0.5, 0.6) is 5.75 Å². The number of carbonyl (C=O) groups is 1. The SMILES string of the molecule is O=C(COc1cccc(Br)c1)N/N=C\c1ccc2ccccc2c1. The van der Waals surface area contributed by atoms with Gasteiger partial charge in [0.25, 0.3) is 5.91 Å². The molecule has 0 aliphatic carbocycles. The summed E-state index contributed by atoms with van der Waals surface area (Å²) in [6.45, 7) is -0.0918. The third kappa shape index (κ3) is 4.43. The number of hydrogen-bond acceptors (Lipinski definition) is 3. The van der Waals surface area contributed by atoms with E-state index in [2.05, 4.69) is 32.5 Å². The molecule has 1 amide bonds. The standard InChI is InChI=1S/C19H15BrN2O2/c20-17-6-3-7-18(11-17)24-13-19(23)22-21-12-14-8-9-15-4-1-2-5-16(15)10-14/h1-12H,13H2,(H,22,23)/b21-12-. The maximum Gasteiger partial charge on any atom is 0.277 e. The average Bonchev–Trinajstić information content (AvgIpc) is 2.60. The summed E-state index contributed by atoms with van der Waals surface area (Å²) in [5.74, 6) is 0.310. The van der Waals surface area contributed by atoms with Gasteiger partial charge in [-0.3, -0.25) is 4.79 Å². The minimum atomic E-state index is -0.313. The molecule has 24 heavy (non-hydrogen) atoms. The highest BCUT2D eigenvalue weighted by molar-refractivity contribution is 9.10. The number of carbonyl (C=O) groups excluding carboxylic acids is 1. The Morgan fingerprint density at radius 3 is 2.71 bits per heavy atom. The summed E-state index contributed by atoms with van der Waals surface area (Å²) in [6.07, 6.45) is 1.61. The second-order valence-corrected chi connectivity index (χ2v) is 6.06. The van der Waals surface area contributed by atoms with Gasteiger partial charge in [0.15, 0.2) is 6.61 Å². The molecule has 120 valence electrons. The van der Waals surface area contributed by atoms with Gasteiger partial charge < -0.3 is 4.74 Å². The number of hydrazone groups is 1. The molecule has 0 atom stereocenters. The van der Waals surface area contributed by atoms with E-state index in [4.69, 9.17) is 4.74 Å². The molecule has 5 heteroatoms. The number of hydrogen-bond donors (Lipinski definition) is 1. The molecule has 0 unspecified atom stereocenters. The smallest absolute Gasteiger partial charge is 0.277 e. The van der Waals surface area contributed by atoms with Crippen molar-refractivity contribution in [3.05, 3.63) is 76.8 Å². The predicted molar refractivity (Wildman–Crippen MR) is 99.3 cm³/mol. The Morgan fingerprint density at radius 1 is 1.04 bits per heavy atom. The Hall–Kier alpha value is -2.66. The zero-order chi connectivity index (χ0) is 16.8. The number of halogens is 1. The highest BCUT2D eigenvalue weighted by Gasteiger charge is 2.01. The quantitative estimate of drug-likeness (QED) is 0.532. The molecule has 0 aliphatic rings. The van der Waals surface area contributed by atoms with E-state index in [1.54, 1.807) is 18.3 Å². The van der Waals surface area contributed by atoms with Crippen LogP contribution in [0.4, 0.5) is 0 Å². The van der Waals surface area contributed by atoms with Crippen LogP contribution in [0.1, 0.15) is 5.56 Å². The van der Waals surface area contributed by atoms with Crippen molar-refractivity contribution in [2.45, 2.75) is 0 Å². The molecule has 3 aromatic rings. The molecule has 0 aliphatic heterocycles. The zero-order valence-electron chi connectivity index (χ0n) is 12.8. The first-order chi connectivity index (χ1) is 11.7. The normalized spacial score (nSPS) is 10.9. The van der Waals surface area contributed by atoms with Crippen LogP contribution in [-0.2, 0) is 4.79 Å². The molecule has 0 bridgehead atoms. The number of nitrogens with one attached hydrogen (secondary N) is 1. The number of rotatable bonds is 5. The van der Waals surface area contributed by atoms with Crippen LogP contribution in [0, 0.1) is 0 Å². The van der Waals surface area contributed by atoms with Crippen LogP contribution in [0.2, 0.25) is 0 Å². The van der Waals surface area contributed by atoms with E-state index in [1.807, 2.05) is 48.5 Å². The molecule has 0 saturated carbocycles. The lowest BCUT2D eigenvalue weighted by atomic mass is 10.1. The van der Waals surface area contributed by atoms with E-state index >= 15 is 0 Å². The Bertz CT molecular complexity index is 893. The van der Waals surface area contributed by atoms with Gasteiger partial charge in [0.2, 0.25) is 0 Å². The third-order valence-corrected chi connectivity index (χ3v) is 3.84. The van der Waals surface area contributed by atoms with Gasteiger partial charge in [-0.15, -0.1) is 0 Å². The van der Waals surface area contributed by atoms with Crippen molar-refractivity contribution in [2.24, 2.45) is 5.10 Å². The van der Waals surface area contributed by atoms with E-state index in [0.29, 0.717) is 5.75 Å². The summed E-state index contributed by atoms with van der Waals surface area (Å²) in [7, 11) is 0. The van der Waals surface area contributed by atoms with Crippen molar-refractivity contribution in [3.63, 3.8) is 0 Å². The van der Waals surface area contributed by atoms with Gasteiger partial charge in [-0.25, -0.2) is 5.43 Å². The molecule has 0 saturated heterocycles. The second kappa shape index (κ2) is 7.75. The second-order valence-electron chi connectivity index (χ2n) is 5.15. The number of ether oxygens (including phenoxy) is 1. The van der Waals surface area contributed by atoms with E-state index < -0.39 is 0 Å². The fraction of sp³-hybridized carbons (Fsp3) is 0.0526. The molecule has 0 fully saturated rings. The Morgan fingerprint density at radius 2 is 1.88 bits per heavy atom. The molecule has 3 aromatic carbocycles. The van der Waals surface area contributed by atoms with Crippen molar-refractivity contribution in [3.8, 4) is 5.75 Å². The number of benzene rings is 3. The van der Waals surface area contributed by atoms with Gasteiger partial charge in [0.1, 0.15) is 5.75 Å². The van der Waals surface area contributed by atoms with Crippen LogP contribution in [0.15, 0.2) is 76.3 Å². The van der Waals surface area contributed by atoms with Gasteiger partial charge >= 0.3 is 0 Å². The third-order valence-electron chi connectivity index (χ3n) is 3.34. The van der Waals surface area contributed by atoms with Gasteiger partial charge in [0.05, 0.1) is 6.21 Å². The molecule has 3 rings (SSSR count). The molecule has 0 radical (unpaired) electrons. The Balaban J connectivity index is 1.54. The Labute approximate surface area is 148 Å². The molecule has 1 N–H and O–H groups in total. The minimum absolute atomic E-state index is 0.0918. The molecule has 0 heterocycles. The lowest BCUT2D eigenvalue weighted by molar-refractivity contribution is -0.123. The summed E-state index contributed by atoms with van der Waals surface area (Å²) < 4.78 is 6.29. The lowest BCUT2D eigenvalue weighted by Crippen LogP contribution is -2.24. The largest absolute Gasteiger partial charge is 0.484 e. The van der Waals surface area contributed by atoms with E-state index in [-0.39, 0.29) is 12.5 Å². The summed E-state index contributed by atoms with van der Waals surface area (Å²) >= 11 is 3.35. The minimum Gasteiger partial charge on any atom is -0.484 e. The van der Waals surface area contributed by atoms with Crippen molar-refractivity contribution < 1.29 is 9.53 Å². The lowest BCUT2D eigenvalue weighted by Gasteiger charge is -2.05. The molecular formula is C19H15BrN2O2. The number of fused-ring (bicyclic) bond motifs is 1. The van der Waals surface area contributed by atoms with Crippen molar-refractivity contribution in [1.29, 1.82) is 0 Å². The maximum absolute atomic E-state index is 11.7. The van der Waals surface area contributed by atoms with Crippen LogP contribution < -0.4 is 10.2 Å². The highest BCUT2D eigenvalue weighted by Crippen LogP contribution is 2.17. The van der Waals surface area contributed by atoms with Gasteiger partial charge in [0, 0.05) is 4.47 Å². The first-order valence-corrected chi connectivity index (χ1v) is 8.19. The zero-order valence-corrected chi connectivity index (χ0v) is 14.4. The summed E-state index contributed by atoms with van der Waals surface area (Å²) in [5.41, 5.74) is 3.38. The van der Waals surface area contributed by atoms with Crippen LogP contribution in [0.25, 0.3) is 10.8 Å². The Kier molecular flexibility index (Phi) is 5.23. The summed E-state index contributed by atoms with van der Waals surface area (Å²) in [5, 5.41) is 6.26. The predicted octanol–water partition coefficient (Wildman–Crippen LogP) is 4.13. The van der Waals surface area contributed by atoms with Gasteiger partial charge in [-0.1, -0.05) is 58.4 Å². The van der Waals surface area contributed by atoms with Crippen LogP contribution in [0.3, 0.4) is 0 Å². The topological polar surface area (TPSA) is 50.7 Å². The fourth-order valence-corrected chi connectivity index (χ4v) is 2.58. The maximum atomic E-state index is 11.7.